The van der Waals surface area contributed by atoms with Crippen molar-refractivity contribution in [1.29, 1.82) is 0 Å². The third kappa shape index (κ3) is 5.58. The summed E-state index contributed by atoms with van der Waals surface area (Å²) in [5.41, 5.74) is 0.181. The van der Waals surface area contributed by atoms with Gasteiger partial charge in [-0.2, -0.15) is 4.31 Å². The van der Waals surface area contributed by atoms with E-state index >= 15 is 0 Å². The monoisotopic (exact) mass is 487 g/mol. The Balaban J connectivity index is 2.14. The smallest absolute Gasteiger partial charge is 0.287 e. The second kappa shape index (κ2) is 9.90. The zero-order chi connectivity index (χ0) is 21.6. The first-order chi connectivity index (χ1) is 13.7. The Morgan fingerprint density at radius 1 is 1.17 bits per heavy atom. The van der Waals surface area contributed by atoms with E-state index in [1.807, 2.05) is 0 Å². The molecular weight excluding hydrogens is 466 g/mol. The molecule has 1 heterocycles. The highest BCUT2D eigenvalue weighted by Crippen LogP contribution is 2.29. The number of furan rings is 1. The van der Waals surface area contributed by atoms with Crippen LogP contribution in [-0.2, 0) is 14.8 Å². The minimum Gasteiger partial charge on any atom is -0.495 e. The van der Waals surface area contributed by atoms with Gasteiger partial charge in [0.2, 0.25) is 15.9 Å². The van der Waals surface area contributed by atoms with Gasteiger partial charge in [-0.1, -0.05) is 13.8 Å². The third-order valence-corrected chi connectivity index (χ3v) is 6.47. The molecule has 0 bridgehead atoms. The van der Waals surface area contributed by atoms with E-state index in [1.54, 1.807) is 19.9 Å². The Kier molecular flexibility index (Phi) is 7.82. The molecule has 2 aromatic rings. The maximum Gasteiger partial charge on any atom is 0.287 e. The lowest BCUT2D eigenvalue weighted by Gasteiger charge is -2.19. The number of carbonyl (C=O) groups is 2. The van der Waals surface area contributed by atoms with Crippen molar-refractivity contribution in [3.05, 3.63) is 40.8 Å². The summed E-state index contributed by atoms with van der Waals surface area (Å²) < 4.78 is 37.4. The summed E-state index contributed by atoms with van der Waals surface area (Å²) >= 11 is 3.09. The fourth-order valence-electron chi connectivity index (χ4n) is 2.54. The van der Waals surface area contributed by atoms with Crippen LogP contribution in [0.3, 0.4) is 0 Å². The van der Waals surface area contributed by atoms with Crippen molar-refractivity contribution >= 4 is 43.5 Å². The summed E-state index contributed by atoms with van der Waals surface area (Å²) in [6, 6.07) is 7.23. The van der Waals surface area contributed by atoms with Crippen molar-refractivity contribution in [2.75, 3.05) is 32.1 Å². The topological polar surface area (TPSA) is 118 Å². The Labute approximate surface area is 177 Å². The van der Waals surface area contributed by atoms with Crippen LogP contribution in [0.4, 0.5) is 5.69 Å². The van der Waals surface area contributed by atoms with Crippen LogP contribution in [0.1, 0.15) is 24.4 Å². The molecule has 0 saturated carbocycles. The SMILES string of the molecule is CCN(CC)S(=O)(=O)c1ccc(OC)c(NC(=O)CNC(=O)c2ccc(Br)o2)c1. The second-order valence-electron chi connectivity index (χ2n) is 5.79. The zero-order valence-corrected chi connectivity index (χ0v) is 18.6. The molecule has 0 aliphatic heterocycles. The van der Waals surface area contributed by atoms with Crippen LogP contribution in [0, 0.1) is 0 Å². The Hall–Kier alpha value is -2.37. The van der Waals surface area contributed by atoms with Gasteiger partial charge in [-0.05, 0) is 46.3 Å². The lowest BCUT2D eigenvalue weighted by Crippen LogP contribution is -2.33. The van der Waals surface area contributed by atoms with Gasteiger partial charge < -0.3 is 19.8 Å². The summed E-state index contributed by atoms with van der Waals surface area (Å²) in [5, 5.41) is 4.98. The predicted molar refractivity (Wildman–Crippen MR) is 110 cm³/mol. The highest BCUT2D eigenvalue weighted by molar-refractivity contribution is 9.10. The largest absolute Gasteiger partial charge is 0.495 e. The number of nitrogens with zero attached hydrogens (tertiary/aromatic N) is 1. The predicted octanol–water partition coefficient (Wildman–Crippen LogP) is 2.45. The molecule has 9 nitrogen and oxygen atoms in total. The van der Waals surface area contributed by atoms with Gasteiger partial charge in [0.15, 0.2) is 10.4 Å². The van der Waals surface area contributed by atoms with E-state index in [9.17, 15) is 18.0 Å². The summed E-state index contributed by atoms with van der Waals surface area (Å²) in [6.07, 6.45) is 0. The lowest BCUT2D eigenvalue weighted by molar-refractivity contribution is -0.115. The molecular formula is C18H22BrN3O6S. The standard InChI is InChI=1S/C18H22BrN3O6S/c1-4-22(5-2)29(25,26)12-6-7-14(27-3)13(10-12)21-17(23)11-20-18(24)15-8-9-16(19)28-15/h6-10H,4-5,11H2,1-3H3,(H,20,24)(H,21,23). The van der Waals surface area contributed by atoms with Crippen molar-refractivity contribution in [3.8, 4) is 5.75 Å². The molecule has 2 amide bonds. The van der Waals surface area contributed by atoms with Crippen LogP contribution in [0.5, 0.6) is 5.75 Å². The van der Waals surface area contributed by atoms with Gasteiger partial charge in [-0.3, -0.25) is 9.59 Å². The number of halogens is 1. The molecule has 2 N–H and O–H groups in total. The molecule has 0 saturated heterocycles. The van der Waals surface area contributed by atoms with Gasteiger partial charge in [0.25, 0.3) is 5.91 Å². The van der Waals surface area contributed by atoms with E-state index < -0.39 is 21.8 Å². The van der Waals surface area contributed by atoms with Crippen LogP contribution in [0.25, 0.3) is 0 Å². The molecule has 0 aliphatic carbocycles. The van der Waals surface area contributed by atoms with Gasteiger partial charge in [-0.15, -0.1) is 0 Å². The number of hydrogen-bond donors (Lipinski definition) is 2. The van der Waals surface area contributed by atoms with Gasteiger partial charge >= 0.3 is 0 Å². The van der Waals surface area contributed by atoms with E-state index in [0.29, 0.717) is 17.8 Å². The quantitative estimate of drug-likeness (QED) is 0.560. The summed E-state index contributed by atoms with van der Waals surface area (Å²) in [5.74, 6) is -0.775. The number of amides is 2. The summed E-state index contributed by atoms with van der Waals surface area (Å²) in [4.78, 5) is 24.2. The number of rotatable bonds is 9. The molecule has 0 aliphatic rings. The first kappa shape index (κ1) is 22.9. The summed E-state index contributed by atoms with van der Waals surface area (Å²) in [6.45, 7) is 3.79. The van der Waals surface area contributed by atoms with E-state index in [0.717, 1.165) is 0 Å². The van der Waals surface area contributed by atoms with Crippen LogP contribution < -0.4 is 15.4 Å². The number of ether oxygens (including phenoxy) is 1. The Morgan fingerprint density at radius 3 is 2.41 bits per heavy atom. The van der Waals surface area contributed by atoms with Crippen LogP contribution in [0.15, 0.2) is 44.3 Å². The molecule has 1 aromatic carbocycles. The molecule has 29 heavy (non-hydrogen) atoms. The molecule has 158 valence electrons. The van der Waals surface area contributed by atoms with E-state index in [-0.39, 0.29) is 28.6 Å². The number of carbonyl (C=O) groups excluding carboxylic acids is 2. The second-order valence-corrected chi connectivity index (χ2v) is 8.51. The number of benzene rings is 1. The molecule has 0 atom stereocenters. The fourth-order valence-corrected chi connectivity index (χ4v) is 4.33. The number of nitrogens with one attached hydrogen (secondary N) is 2. The van der Waals surface area contributed by atoms with Crippen molar-refractivity contribution in [2.45, 2.75) is 18.7 Å². The highest BCUT2D eigenvalue weighted by Gasteiger charge is 2.23. The van der Waals surface area contributed by atoms with Crippen molar-refractivity contribution in [2.24, 2.45) is 0 Å². The minimum absolute atomic E-state index is 0.0294. The third-order valence-electron chi connectivity index (χ3n) is 3.99. The molecule has 11 heteroatoms. The first-order valence-corrected chi connectivity index (χ1v) is 11.0. The number of anilines is 1. The normalized spacial score (nSPS) is 11.3. The van der Waals surface area contributed by atoms with Crippen molar-refractivity contribution < 1.29 is 27.2 Å². The minimum atomic E-state index is -3.70. The molecule has 1 aromatic heterocycles. The molecule has 0 fully saturated rings. The van der Waals surface area contributed by atoms with Gasteiger partial charge in [0.05, 0.1) is 24.2 Å². The molecule has 0 radical (unpaired) electrons. The Bertz CT molecular complexity index is 985. The van der Waals surface area contributed by atoms with Gasteiger partial charge in [0, 0.05) is 13.1 Å². The Morgan fingerprint density at radius 2 is 1.86 bits per heavy atom. The molecule has 0 spiro atoms. The van der Waals surface area contributed by atoms with Gasteiger partial charge in [-0.25, -0.2) is 8.42 Å². The van der Waals surface area contributed by atoms with Gasteiger partial charge in [0.1, 0.15) is 5.75 Å². The van der Waals surface area contributed by atoms with E-state index in [2.05, 4.69) is 26.6 Å². The fraction of sp³-hybridized carbons (Fsp3) is 0.333. The number of methoxy groups -OCH3 is 1. The van der Waals surface area contributed by atoms with E-state index in [4.69, 9.17) is 9.15 Å². The first-order valence-electron chi connectivity index (χ1n) is 8.74. The maximum atomic E-state index is 12.7. The lowest BCUT2D eigenvalue weighted by atomic mass is 10.3. The van der Waals surface area contributed by atoms with Crippen LogP contribution in [0.2, 0.25) is 0 Å². The zero-order valence-electron chi connectivity index (χ0n) is 16.2. The summed E-state index contributed by atoms with van der Waals surface area (Å²) in [7, 11) is -2.30. The highest BCUT2D eigenvalue weighted by atomic mass is 79.9. The number of hydrogen-bond acceptors (Lipinski definition) is 6. The van der Waals surface area contributed by atoms with Crippen LogP contribution >= 0.6 is 15.9 Å². The average Bonchev–Trinajstić information content (AvgIpc) is 3.13. The van der Waals surface area contributed by atoms with Crippen molar-refractivity contribution in [1.82, 2.24) is 9.62 Å². The number of sulfonamides is 1. The molecule has 2 rings (SSSR count). The van der Waals surface area contributed by atoms with Crippen LogP contribution in [-0.4, -0.2) is 51.3 Å². The maximum absolute atomic E-state index is 12.7. The van der Waals surface area contributed by atoms with E-state index in [1.165, 1.54) is 35.7 Å². The average molecular weight is 488 g/mol. The van der Waals surface area contributed by atoms with Crippen molar-refractivity contribution in [3.63, 3.8) is 0 Å². The molecule has 0 unspecified atom stereocenters.